The minimum Gasteiger partial charge on any atom is -0.247 e. The fourth-order valence-electron chi connectivity index (χ4n) is 1.20. The third-order valence-electron chi connectivity index (χ3n) is 2.12. The van der Waals surface area contributed by atoms with Crippen molar-refractivity contribution in [3.63, 3.8) is 0 Å². The van der Waals surface area contributed by atoms with Crippen LogP contribution in [0.4, 0.5) is 0 Å². The lowest BCUT2D eigenvalue weighted by Crippen LogP contribution is -1.95. The van der Waals surface area contributed by atoms with Gasteiger partial charge in [-0.2, -0.15) is 0 Å². The molecule has 0 spiro atoms. The van der Waals surface area contributed by atoms with Gasteiger partial charge in [0.1, 0.15) is 0 Å². The lowest BCUT2D eigenvalue weighted by Gasteiger charge is -2.08. The molecule has 72 valence electrons. The summed E-state index contributed by atoms with van der Waals surface area (Å²) in [5.41, 5.74) is 2.60. The van der Waals surface area contributed by atoms with Gasteiger partial charge in [-0.3, -0.25) is 0 Å². The van der Waals surface area contributed by atoms with Crippen LogP contribution in [-0.4, -0.2) is 11.2 Å². The topological polar surface area (TPSA) is 12.9 Å². The van der Waals surface area contributed by atoms with E-state index in [1.54, 1.807) is 11.8 Å². The number of rotatable bonds is 3. The Bertz CT molecular complexity index is 259. The van der Waals surface area contributed by atoms with Crippen LogP contribution in [-0.2, 0) is 6.42 Å². The number of aryl methyl sites for hydroxylation is 1. The van der Waals surface area contributed by atoms with Crippen LogP contribution in [0.25, 0.3) is 0 Å². The molecule has 2 heteroatoms. The Hall–Kier alpha value is -0.500. The maximum absolute atomic E-state index is 4.52. The minimum atomic E-state index is 0.596. The molecule has 0 fully saturated rings. The van der Waals surface area contributed by atoms with Crippen LogP contribution < -0.4 is 0 Å². The van der Waals surface area contributed by atoms with E-state index in [1.165, 1.54) is 11.3 Å². The molecule has 0 radical (unpaired) electrons. The maximum atomic E-state index is 4.52. The first-order valence-electron chi connectivity index (χ1n) is 4.72. The Balaban J connectivity index is 3.07. The highest BCUT2D eigenvalue weighted by Gasteiger charge is 2.03. The zero-order chi connectivity index (χ0) is 9.84. The van der Waals surface area contributed by atoms with Crippen LogP contribution in [0, 0.1) is 0 Å². The first kappa shape index (κ1) is 10.6. The lowest BCUT2D eigenvalue weighted by atomic mass is 10.0. The third kappa shape index (κ3) is 2.73. The van der Waals surface area contributed by atoms with E-state index in [1.807, 2.05) is 0 Å². The molecule has 0 aromatic carbocycles. The van der Waals surface area contributed by atoms with E-state index < -0.39 is 0 Å². The second-order valence-electron chi connectivity index (χ2n) is 3.44. The number of nitrogens with zero attached hydrogens (tertiary/aromatic N) is 1. The van der Waals surface area contributed by atoms with E-state index in [-0.39, 0.29) is 0 Å². The van der Waals surface area contributed by atoms with Crippen molar-refractivity contribution in [2.45, 2.75) is 38.1 Å². The number of thioether (sulfide) groups is 1. The van der Waals surface area contributed by atoms with Crippen LogP contribution in [0.3, 0.4) is 0 Å². The summed E-state index contributed by atoms with van der Waals surface area (Å²) in [6.07, 6.45) is 3.10. The quantitative estimate of drug-likeness (QED) is 0.685. The molecule has 0 aliphatic heterocycles. The monoisotopic (exact) mass is 195 g/mol. The van der Waals surface area contributed by atoms with Crippen molar-refractivity contribution in [1.82, 2.24) is 4.98 Å². The van der Waals surface area contributed by atoms with E-state index >= 15 is 0 Å². The van der Waals surface area contributed by atoms with Crippen LogP contribution in [0.2, 0.25) is 0 Å². The van der Waals surface area contributed by atoms with E-state index in [2.05, 4.69) is 44.1 Å². The molecule has 1 aromatic heterocycles. The highest BCUT2D eigenvalue weighted by atomic mass is 32.2. The molecule has 0 saturated heterocycles. The summed E-state index contributed by atoms with van der Waals surface area (Å²) < 4.78 is 0. The third-order valence-corrected chi connectivity index (χ3v) is 2.74. The van der Waals surface area contributed by atoms with Crippen LogP contribution in [0.15, 0.2) is 17.2 Å². The van der Waals surface area contributed by atoms with Gasteiger partial charge in [0, 0.05) is 5.69 Å². The summed E-state index contributed by atoms with van der Waals surface area (Å²) in [6.45, 7) is 6.59. The number of pyridine rings is 1. The van der Waals surface area contributed by atoms with E-state index in [9.17, 15) is 0 Å². The Labute approximate surface area is 85.0 Å². The van der Waals surface area contributed by atoms with Gasteiger partial charge in [0.15, 0.2) is 0 Å². The van der Waals surface area contributed by atoms with Gasteiger partial charge in [-0.05, 0) is 36.3 Å². The molecule has 1 rings (SSSR count). The number of hydrogen-bond donors (Lipinski definition) is 0. The van der Waals surface area contributed by atoms with Crippen molar-refractivity contribution in [1.29, 1.82) is 0 Å². The fraction of sp³-hybridized carbons (Fsp3) is 0.545. The standard InChI is InChI=1S/C11H17NS/c1-5-10-6-9(8(2)3)7-11(12-10)13-4/h6-8H,5H2,1-4H3. The van der Waals surface area contributed by atoms with Crippen molar-refractivity contribution < 1.29 is 0 Å². The van der Waals surface area contributed by atoms with Crippen molar-refractivity contribution in [3.8, 4) is 0 Å². The summed E-state index contributed by atoms with van der Waals surface area (Å²) in [5, 5.41) is 1.14. The molecule has 1 aromatic rings. The molecule has 0 saturated carbocycles. The average molecular weight is 195 g/mol. The van der Waals surface area contributed by atoms with Crippen molar-refractivity contribution >= 4 is 11.8 Å². The zero-order valence-corrected chi connectivity index (χ0v) is 9.61. The Kier molecular flexibility index (Phi) is 3.79. The lowest BCUT2D eigenvalue weighted by molar-refractivity contribution is 0.838. The molecule has 0 atom stereocenters. The maximum Gasteiger partial charge on any atom is 0.0963 e. The number of aromatic nitrogens is 1. The van der Waals surface area contributed by atoms with Crippen molar-refractivity contribution in [3.05, 3.63) is 23.4 Å². The molecule has 0 aliphatic rings. The molecule has 0 amide bonds. The van der Waals surface area contributed by atoms with Gasteiger partial charge in [-0.1, -0.05) is 20.8 Å². The average Bonchev–Trinajstić information content (AvgIpc) is 2.16. The van der Waals surface area contributed by atoms with E-state index in [0.717, 1.165) is 11.4 Å². The fourth-order valence-corrected chi connectivity index (χ4v) is 1.66. The largest absolute Gasteiger partial charge is 0.247 e. The summed E-state index contributed by atoms with van der Waals surface area (Å²) in [5.74, 6) is 0.596. The molecular formula is C11H17NS. The summed E-state index contributed by atoms with van der Waals surface area (Å²) in [7, 11) is 0. The van der Waals surface area contributed by atoms with Crippen LogP contribution in [0.1, 0.15) is 37.9 Å². The van der Waals surface area contributed by atoms with Gasteiger partial charge in [0.25, 0.3) is 0 Å². The normalized spacial score (nSPS) is 10.8. The van der Waals surface area contributed by atoms with Crippen LogP contribution >= 0.6 is 11.8 Å². The van der Waals surface area contributed by atoms with Crippen molar-refractivity contribution in [2.75, 3.05) is 6.26 Å². The molecule has 0 aliphatic carbocycles. The molecule has 1 heterocycles. The van der Waals surface area contributed by atoms with E-state index in [0.29, 0.717) is 5.92 Å². The number of hydrogen-bond acceptors (Lipinski definition) is 2. The van der Waals surface area contributed by atoms with Crippen molar-refractivity contribution in [2.24, 2.45) is 0 Å². The summed E-state index contributed by atoms with van der Waals surface area (Å²) >= 11 is 1.72. The zero-order valence-electron chi connectivity index (χ0n) is 8.79. The molecular weight excluding hydrogens is 178 g/mol. The predicted molar refractivity (Wildman–Crippen MR) is 59.5 cm³/mol. The Morgan fingerprint density at radius 2 is 2.08 bits per heavy atom. The van der Waals surface area contributed by atoms with Gasteiger partial charge in [-0.15, -0.1) is 11.8 Å². The second kappa shape index (κ2) is 4.66. The van der Waals surface area contributed by atoms with Gasteiger partial charge in [0.05, 0.1) is 5.03 Å². The van der Waals surface area contributed by atoms with Crippen LogP contribution in [0.5, 0.6) is 0 Å². The van der Waals surface area contributed by atoms with Gasteiger partial charge in [0.2, 0.25) is 0 Å². The first-order chi connectivity index (χ1) is 6.17. The van der Waals surface area contributed by atoms with Gasteiger partial charge < -0.3 is 0 Å². The summed E-state index contributed by atoms with van der Waals surface area (Å²) in [6, 6.07) is 4.40. The Morgan fingerprint density at radius 3 is 2.54 bits per heavy atom. The summed E-state index contributed by atoms with van der Waals surface area (Å²) in [4.78, 5) is 4.52. The highest BCUT2D eigenvalue weighted by Crippen LogP contribution is 2.21. The smallest absolute Gasteiger partial charge is 0.0963 e. The second-order valence-corrected chi connectivity index (χ2v) is 4.27. The molecule has 0 N–H and O–H groups in total. The molecule has 1 nitrogen and oxygen atoms in total. The van der Waals surface area contributed by atoms with Gasteiger partial charge >= 0.3 is 0 Å². The highest BCUT2D eigenvalue weighted by molar-refractivity contribution is 7.98. The molecule has 0 bridgehead atoms. The predicted octanol–water partition coefficient (Wildman–Crippen LogP) is 3.49. The Morgan fingerprint density at radius 1 is 1.38 bits per heavy atom. The first-order valence-corrected chi connectivity index (χ1v) is 5.94. The van der Waals surface area contributed by atoms with E-state index in [4.69, 9.17) is 0 Å². The molecule has 13 heavy (non-hydrogen) atoms. The van der Waals surface area contributed by atoms with Gasteiger partial charge in [-0.25, -0.2) is 4.98 Å². The SMILES string of the molecule is CCc1cc(C(C)C)cc(SC)n1. The minimum absolute atomic E-state index is 0.596. The molecule has 0 unspecified atom stereocenters.